The van der Waals surface area contributed by atoms with Gasteiger partial charge < -0.3 is 5.73 Å². The first-order valence-corrected chi connectivity index (χ1v) is 9.71. The Balaban J connectivity index is 1.62. The number of hydrogen-bond donors (Lipinski definition) is 2. The number of ketones is 1. The molecule has 4 aliphatic rings. The number of nitrogens with zero attached hydrogens (tertiary/aromatic N) is 1. The summed E-state index contributed by atoms with van der Waals surface area (Å²) >= 11 is 0. The number of rotatable bonds is 1. The molecule has 3 fully saturated rings. The van der Waals surface area contributed by atoms with E-state index in [0.717, 1.165) is 37.8 Å². The van der Waals surface area contributed by atoms with Crippen LogP contribution in [-0.2, 0) is 4.79 Å². The summed E-state index contributed by atoms with van der Waals surface area (Å²) < 4.78 is 0. The van der Waals surface area contributed by atoms with Gasteiger partial charge in [0.15, 0.2) is 5.78 Å². The molecule has 0 aromatic carbocycles. The van der Waals surface area contributed by atoms with Gasteiger partial charge in [0.1, 0.15) is 0 Å². The van der Waals surface area contributed by atoms with Crippen LogP contribution >= 0.6 is 0 Å². The molecule has 2 amide bonds. The number of amides is 2. The largest absolute Gasteiger partial charge is 0.350 e. The van der Waals surface area contributed by atoms with Crippen molar-refractivity contribution in [1.82, 2.24) is 5.43 Å². The van der Waals surface area contributed by atoms with E-state index in [-0.39, 0.29) is 10.8 Å². The minimum Gasteiger partial charge on any atom is -0.350 e. The zero-order chi connectivity index (χ0) is 17.8. The summed E-state index contributed by atoms with van der Waals surface area (Å²) in [6.45, 7) is 4.74. The molecule has 0 spiro atoms. The van der Waals surface area contributed by atoms with Gasteiger partial charge >= 0.3 is 6.03 Å². The number of hydrazone groups is 1. The Bertz CT molecular complexity index is 682. The van der Waals surface area contributed by atoms with Crippen LogP contribution in [0, 0.1) is 28.6 Å². The predicted octanol–water partition coefficient (Wildman–Crippen LogP) is 3.54. The van der Waals surface area contributed by atoms with Crippen molar-refractivity contribution in [2.24, 2.45) is 39.4 Å². The maximum absolute atomic E-state index is 11.9. The van der Waals surface area contributed by atoms with Crippen molar-refractivity contribution in [3.05, 3.63) is 11.6 Å². The number of carbonyl (C=O) groups excluding carboxylic acids is 2. The van der Waals surface area contributed by atoms with Crippen LogP contribution in [0.25, 0.3) is 0 Å². The number of hydrogen-bond acceptors (Lipinski definition) is 3. The van der Waals surface area contributed by atoms with E-state index < -0.39 is 6.03 Å². The quantitative estimate of drug-likeness (QED) is 0.714. The molecule has 3 saturated carbocycles. The SMILES string of the molecule is C[C@]12CCC(=O)C=C1CCC1C2CC[C@]2(C)/C(=N/NC(N)=O)CCC12. The van der Waals surface area contributed by atoms with Crippen molar-refractivity contribution in [3.8, 4) is 0 Å². The first-order valence-electron chi connectivity index (χ1n) is 9.71. The summed E-state index contributed by atoms with van der Waals surface area (Å²) in [7, 11) is 0. The summed E-state index contributed by atoms with van der Waals surface area (Å²) in [6.07, 6.45) is 10.4. The lowest BCUT2D eigenvalue weighted by Gasteiger charge is -2.57. The molecule has 5 atom stereocenters. The number of nitrogens with two attached hydrogens (primary N) is 1. The zero-order valence-electron chi connectivity index (χ0n) is 15.3. The van der Waals surface area contributed by atoms with Crippen LogP contribution < -0.4 is 11.2 Å². The lowest BCUT2D eigenvalue weighted by atomic mass is 9.47. The molecule has 25 heavy (non-hydrogen) atoms. The van der Waals surface area contributed by atoms with E-state index in [9.17, 15) is 9.59 Å². The van der Waals surface area contributed by atoms with Crippen LogP contribution in [0.3, 0.4) is 0 Å². The molecule has 0 aliphatic heterocycles. The second kappa shape index (κ2) is 5.68. The summed E-state index contributed by atoms with van der Waals surface area (Å²) in [5.74, 6) is 2.34. The summed E-state index contributed by atoms with van der Waals surface area (Å²) in [4.78, 5) is 22.9. The second-order valence-electron chi connectivity index (χ2n) is 9.00. The van der Waals surface area contributed by atoms with Crippen LogP contribution in [-0.4, -0.2) is 17.5 Å². The fourth-order valence-electron chi connectivity index (χ4n) is 6.65. The first-order chi connectivity index (χ1) is 11.8. The molecular weight excluding hydrogens is 314 g/mol. The Labute approximate surface area is 149 Å². The Morgan fingerprint density at radius 2 is 1.88 bits per heavy atom. The number of urea groups is 1. The van der Waals surface area contributed by atoms with Crippen molar-refractivity contribution >= 4 is 17.5 Å². The monoisotopic (exact) mass is 343 g/mol. The summed E-state index contributed by atoms with van der Waals surface area (Å²) in [5.41, 5.74) is 10.5. The number of allylic oxidation sites excluding steroid dienone is 1. The van der Waals surface area contributed by atoms with Crippen molar-refractivity contribution in [1.29, 1.82) is 0 Å². The van der Waals surface area contributed by atoms with E-state index in [1.54, 1.807) is 0 Å². The van der Waals surface area contributed by atoms with Gasteiger partial charge in [-0.15, -0.1) is 0 Å². The average molecular weight is 343 g/mol. The molecule has 0 heterocycles. The van der Waals surface area contributed by atoms with E-state index >= 15 is 0 Å². The van der Waals surface area contributed by atoms with Crippen LogP contribution in [0.4, 0.5) is 4.79 Å². The lowest BCUT2D eigenvalue weighted by molar-refractivity contribution is -0.117. The fourth-order valence-corrected chi connectivity index (χ4v) is 6.65. The molecule has 0 bridgehead atoms. The number of fused-ring (bicyclic) bond motifs is 5. The van der Waals surface area contributed by atoms with E-state index in [1.165, 1.54) is 18.4 Å². The molecule has 0 aromatic rings. The van der Waals surface area contributed by atoms with Gasteiger partial charge in [-0.25, -0.2) is 10.2 Å². The Hall–Kier alpha value is -1.65. The van der Waals surface area contributed by atoms with Gasteiger partial charge in [-0.2, -0.15) is 5.10 Å². The maximum atomic E-state index is 11.9. The highest BCUT2D eigenvalue weighted by atomic mass is 16.2. The van der Waals surface area contributed by atoms with Gasteiger partial charge in [0.05, 0.1) is 0 Å². The Morgan fingerprint density at radius 1 is 1.12 bits per heavy atom. The zero-order valence-corrected chi connectivity index (χ0v) is 15.3. The van der Waals surface area contributed by atoms with Crippen molar-refractivity contribution in [2.45, 2.75) is 65.2 Å². The van der Waals surface area contributed by atoms with E-state index in [4.69, 9.17) is 5.73 Å². The van der Waals surface area contributed by atoms with Crippen molar-refractivity contribution in [3.63, 3.8) is 0 Å². The minimum absolute atomic E-state index is 0.0890. The van der Waals surface area contributed by atoms with Gasteiger partial charge in [0.25, 0.3) is 0 Å². The Morgan fingerprint density at radius 3 is 2.64 bits per heavy atom. The maximum Gasteiger partial charge on any atom is 0.332 e. The number of primary amides is 1. The third-order valence-electron chi connectivity index (χ3n) is 8.00. The topological polar surface area (TPSA) is 84.6 Å². The summed E-state index contributed by atoms with van der Waals surface area (Å²) in [5, 5.41) is 4.36. The standard InChI is InChI=1S/C20H29N3O2/c1-19-9-7-13(24)11-12(19)3-4-14-15-5-6-17(22-23-18(21)25)20(15,2)10-8-16(14)19/h11,14-16H,3-10H2,1-2H3,(H3,21,23,25)/b22-17+/t14?,15?,16?,19-,20-/m0/s1. The smallest absolute Gasteiger partial charge is 0.332 e. The molecule has 0 saturated heterocycles. The highest BCUT2D eigenvalue weighted by Crippen LogP contribution is 2.64. The third-order valence-corrected chi connectivity index (χ3v) is 8.00. The number of carbonyl (C=O) groups is 2. The van der Waals surface area contributed by atoms with Crippen molar-refractivity contribution in [2.75, 3.05) is 0 Å². The highest BCUT2D eigenvalue weighted by molar-refractivity contribution is 5.93. The van der Waals surface area contributed by atoms with Crippen LogP contribution in [0.5, 0.6) is 0 Å². The third kappa shape index (κ3) is 2.46. The molecule has 4 rings (SSSR count). The van der Waals surface area contributed by atoms with E-state index in [0.29, 0.717) is 30.0 Å². The van der Waals surface area contributed by atoms with Gasteiger partial charge in [0.2, 0.25) is 0 Å². The first kappa shape index (κ1) is 16.8. The van der Waals surface area contributed by atoms with Crippen molar-refractivity contribution < 1.29 is 9.59 Å². The average Bonchev–Trinajstić information content (AvgIpc) is 2.90. The molecular formula is C20H29N3O2. The van der Waals surface area contributed by atoms with Gasteiger partial charge in [-0.1, -0.05) is 19.4 Å². The second-order valence-corrected chi connectivity index (χ2v) is 9.00. The van der Waals surface area contributed by atoms with Crippen LogP contribution in [0.2, 0.25) is 0 Å². The molecule has 3 N–H and O–H groups in total. The van der Waals surface area contributed by atoms with E-state index in [1.807, 2.05) is 6.08 Å². The van der Waals surface area contributed by atoms with E-state index in [2.05, 4.69) is 24.4 Å². The molecule has 3 unspecified atom stereocenters. The molecule has 5 nitrogen and oxygen atoms in total. The van der Waals surface area contributed by atoms with Gasteiger partial charge in [0, 0.05) is 17.5 Å². The fraction of sp³-hybridized carbons (Fsp3) is 0.750. The van der Waals surface area contributed by atoms with Crippen LogP contribution in [0.15, 0.2) is 16.8 Å². The van der Waals surface area contributed by atoms with Gasteiger partial charge in [-0.3, -0.25) is 4.79 Å². The number of nitrogens with one attached hydrogen (secondary N) is 1. The van der Waals surface area contributed by atoms with Gasteiger partial charge in [-0.05, 0) is 74.2 Å². The predicted molar refractivity (Wildman–Crippen MR) is 96.9 cm³/mol. The molecule has 4 aliphatic carbocycles. The summed E-state index contributed by atoms with van der Waals surface area (Å²) in [6, 6.07) is -0.583. The molecule has 5 heteroatoms. The Kier molecular flexibility index (Phi) is 3.82. The molecule has 136 valence electrons. The lowest BCUT2D eigenvalue weighted by Crippen LogP contribution is -2.50. The molecule has 0 aromatic heterocycles. The highest BCUT2D eigenvalue weighted by Gasteiger charge is 2.58. The van der Waals surface area contributed by atoms with Crippen LogP contribution in [0.1, 0.15) is 65.2 Å². The minimum atomic E-state index is -0.583. The molecule has 0 radical (unpaired) electrons. The normalized spacial score (nSPS) is 44.6.